The Hall–Kier alpha value is -3.03. The van der Waals surface area contributed by atoms with Crippen LogP contribution in [0.15, 0.2) is 48.5 Å². The van der Waals surface area contributed by atoms with Crippen molar-refractivity contribution in [1.82, 2.24) is 5.32 Å². The zero-order valence-corrected chi connectivity index (χ0v) is 13.9. The number of rotatable bonds is 6. The first-order valence-corrected chi connectivity index (χ1v) is 7.65. The molecule has 0 spiro atoms. The Balaban J connectivity index is 2.00. The molecule has 0 aromatic heterocycles. The summed E-state index contributed by atoms with van der Waals surface area (Å²) in [7, 11) is 1.54. The lowest BCUT2D eigenvalue weighted by molar-refractivity contribution is -0.173. The van der Waals surface area contributed by atoms with Gasteiger partial charge in [0.05, 0.1) is 13.5 Å². The molecule has 5 nitrogen and oxygen atoms in total. The number of ether oxygens (including phenoxy) is 1. The van der Waals surface area contributed by atoms with Crippen molar-refractivity contribution >= 4 is 17.5 Å². The van der Waals surface area contributed by atoms with E-state index in [-0.39, 0.29) is 18.9 Å². The number of hydrogen-bond acceptors (Lipinski definition) is 3. The van der Waals surface area contributed by atoms with E-state index in [0.29, 0.717) is 17.0 Å². The second-order valence-corrected chi connectivity index (χ2v) is 5.41. The van der Waals surface area contributed by atoms with Crippen LogP contribution in [-0.4, -0.2) is 25.1 Å². The van der Waals surface area contributed by atoms with E-state index < -0.39 is 12.1 Å². The summed E-state index contributed by atoms with van der Waals surface area (Å²) in [5.74, 6) is -1.69. The van der Waals surface area contributed by atoms with Crippen LogP contribution in [0.4, 0.5) is 18.9 Å². The molecule has 0 unspecified atom stereocenters. The molecule has 2 rings (SSSR count). The van der Waals surface area contributed by atoms with Gasteiger partial charge >= 0.3 is 12.1 Å². The van der Waals surface area contributed by atoms with Crippen LogP contribution in [0.2, 0.25) is 0 Å². The molecule has 0 heterocycles. The molecule has 2 N–H and O–H groups in total. The molecule has 2 aromatic rings. The van der Waals surface area contributed by atoms with Crippen molar-refractivity contribution in [3.8, 4) is 5.75 Å². The highest BCUT2D eigenvalue weighted by molar-refractivity contribution is 5.93. The van der Waals surface area contributed by atoms with E-state index in [2.05, 4.69) is 5.32 Å². The van der Waals surface area contributed by atoms with E-state index >= 15 is 0 Å². The Morgan fingerprint density at radius 2 is 1.69 bits per heavy atom. The van der Waals surface area contributed by atoms with E-state index in [9.17, 15) is 22.8 Å². The smallest absolute Gasteiger partial charge is 0.471 e. The zero-order valence-electron chi connectivity index (χ0n) is 13.9. The third-order valence-electron chi connectivity index (χ3n) is 3.51. The van der Waals surface area contributed by atoms with Crippen molar-refractivity contribution in [3.05, 3.63) is 59.7 Å². The fourth-order valence-corrected chi connectivity index (χ4v) is 2.20. The summed E-state index contributed by atoms with van der Waals surface area (Å²) in [6.45, 7) is -0.350. The van der Waals surface area contributed by atoms with Crippen molar-refractivity contribution in [2.45, 2.75) is 19.1 Å². The van der Waals surface area contributed by atoms with Gasteiger partial charge in [0.25, 0.3) is 0 Å². The van der Waals surface area contributed by atoms with Gasteiger partial charge in [0.15, 0.2) is 0 Å². The molecule has 2 aromatic carbocycles. The number of hydrogen-bond donors (Lipinski definition) is 2. The Morgan fingerprint density at radius 1 is 1.04 bits per heavy atom. The lowest BCUT2D eigenvalue weighted by Gasteiger charge is -2.13. The normalized spacial score (nSPS) is 10.9. The highest BCUT2D eigenvalue weighted by Gasteiger charge is 2.38. The molecule has 2 amide bonds. The topological polar surface area (TPSA) is 67.4 Å². The lowest BCUT2D eigenvalue weighted by atomic mass is 10.1. The molecule has 0 aliphatic rings. The standard InChI is InChI=1S/C18H17F3N2O3/c1-26-14-8-6-12(7-9-14)10-16(24)23-15-5-3-2-4-13(15)11-22-17(25)18(19,20)21/h2-9H,10-11H2,1H3,(H,22,25)(H,23,24). The van der Waals surface area contributed by atoms with Gasteiger partial charge in [-0.2, -0.15) is 13.2 Å². The summed E-state index contributed by atoms with van der Waals surface area (Å²) in [5.41, 5.74) is 1.47. The van der Waals surface area contributed by atoms with Crippen LogP contribution < -0.4 is 15.4 Å². The summed E-state index contributed by atoms with van der Waals surface area (Å²) < 4.78 is 41.8. The van der Waals surface area contributed by atoms with E-state index in [1.807, 2.05) is 0 Å². The number of alkyl halides is 3. The third kappa shape index (κ3) is 5.51. The van der Waals surface area contributed by atoms with E-state index in [1.54, 1.807) is 47.8 Å². The maximum atomic E-state index is 12.3. The number of carbonyl (C=O) groups excluding carboxylic acids is 2. The Labute approximate surface area is 148 Å². The molecule has 26 heavy (non-hydrogen) atoms. The van der Waals surface area contributed by atoms with Crippen molar-refractivity contribution < 1.29 is 27.5 Å². The van der Waals surface area contributed by atoms with Gasteiger partial charge in [-0.1, -0.05) is 30.3 Å². The predicted molar refractivity (Wildman–Crippen MR) is 89.7 cm³/mol. The van der Waals surface area contributed by atoms with E-state index in [4.69, 9.17) is 4.74 Å². The van der Waals surface area contributed by atoms with E-state index in [0.717, 1.165) is 5.56 Å². The number of benzene rings is 2. The fourth-order valence-electron chi connectivity index (χ4n) is 2.20. The summed E-state index contributed by atoms with van der Waals surface area (Å²) in [6, 6.07) is 13.3. The van der Waals surface area contributed by atoms with Crippen LogP contribution in [0, 0.1) is 0 Å². The summed E-state index contributed by atoms with van der Waals surface area (Å²) in [4.78, 5) is 23.1. The second kappa shape index (κ2) is 8.37. The molecule has 0 aliphatic heterocycles. The van der Waals surface area contributed by atoms with Crippen molar-refractivity contribution in [1.29, 1.82) is 0 Å². The molecule has 8 heteroatoms. The van der Waals surface area contributed by atoms with Crippen LogP contribution in [0.1, 0.15) is 11.1 Å². The number of halogens is 3. The first kappa shape index (κ1) is 19.3. The maximum Gasteiger partial charge on any atom is 0.471 e. The largest absolute Gasteiger partial charge is 0.497 e. The predicted octanol–water partition coefficient (Wildman–Crippen LogP) is 3.05. The Bertz CT molecular complexity index is 774. The van der Waals surface area contributed by atoms with Crippen LogP contribution in [0.3, 0.4) is 0 Å². The van der Waals surface area contributed by atoms with Gasteiger partial charge in [-0.3, -0.25) is 9.59 Å². The van der Waals surface area contributed by atoms with E-state index in [1.165, 1.54) is 13.2 Å². The van der Waals surface area contributed by atoms with Gasteiger partial charge in [-0.25, -0.2) is 0 Å². The third-order valence-corrected chi connectivity index (χ3v) is 3.51. The average Bonchev–Trinajstić information content (AvgIpc) is 2.60. The SMILES string of the molecule is COc1ccc(CC(=O)Nc2ccccc2CNC(=O)C(F)(F)F)cc1. The molecule has 0 saturated heterocycles. The first-order chi connectivity index (χ1) is 12.3. The van der Waals surface area contributed by atoms with Crippen LogP contribution in [0.5, 0.6) is 5.75 Å². The molecule has 0 atom stereocenters. The molecule has 0 bridgehead atoms. The molecule has 0 saturated carbocycles. The minimum Gasteiger partial charge on any atom is -0.497 e. The number of anilines is 1. The van der Waals surface area contributed by atoms with Crippen molar-refractivity contribution in [2.24, 2.45) is 0 Å². The van der Waals surface area contributed by atoms with Crippen LogP contribution in [0.25, 0.3) is 0 Å². The Kier molecular flexibility index (Phi) is 6.21. The van der Waals surface area contributed by atoms with Crippen LogP contribution in [-0.2, 0) is 22.6 Å². The quantitative estimate of drug-likeness (QED) is 0.826. The molecule has 138 valence electrons. The number of carbonyl (C=O) groups is 2. The summed E-state index contributed by atoms with van der Waals surface area (Å²) in [5, 5.41) is 4.43. The molecule has 0 fully saturated rings. The van der Waals surface area contributed by atoms with Gasteiger partial charge in [0, 0.05) is 12.2 Å². The zero-order chi connectivity index (χ0) is 19.2. The van der Waals surface area contributed by atoms with Crippen molar-refractivity contribution in [3.63, 3.8) is 0 Å². The Morgan fingerprint density at radius 3 is 2.31 bits per heavy atom. The van der Waals surface area contributed by atoms with Gasteiger partial charge in [-0.15, -0.1) is 0 Å². The number of methoxy groups -OCH3 is 1. The monoisotopic (exact) mass is 366 g/mol. The first-order valence-electron chi connectivity index (χ1n) is 7.65. The number of para-hydroxylation sites is 1. The van der Waals surface area contributed by atoms with Crippen molar-refractivity contribution in [2.75, 3.05) is 12.4 Å². The summed E-state index contributed by atoms with van der Waals surface area (Å²) in [6.07, 6.45) is -4.86. The van der Waals surface area contributed by atoms with Gasteiger partial charge in [-0.05, 0) is 29.3 Å². The fraction of sp³-hybridized carbons (Fsp3) is 0.222. The minimum atomic E-state index is -4.95. The highest BCUT2D eigenvalue weighted by Crippen LogP contribution is 2.18. The second-order valence-electron chi connectivity index (χ2n) is 5.41. The van der Waals surface area contributed by atoms with Gasteiger partial charge in [0.2, 0.25) is 5.91 Å². The average molecular weight is 366 g/mol. The lowest BCUT2D eigenvalue weighted by Crippen LogP contribution is -2.36. The van der Waals surface area contributed by atoms with Gasteiger partial charge < -0.3 is 15.4 Å². The molecule has 0 aliphatic carbocycles. The molecule has 0 radical (unpaired) electrons. The number of nitrogens with one attached hydrogen (secondary N) is 2. The summed E-state index contributed by atoms with van der Waals surface area (Å²) >= 11 is 0. The highest BCUT2D eigenvalue weighted by atomic mass is 19.4. The molecular formula is C18H17F3N2O3. The maximum absolute atomic E-state index is 12.3. The number of amides is 2. The van der Waals surface area contributed by atoms with Gasteiger partial charge in [0.1, 0.15) is 5.75 Å². The molecular weight excluding hydrogens is 349 g/mol. The minimum absolute atomic E-state index is 0.0905. The van der Waals surface area contributed by atoms with Crippen LogP contribution >= 0.6 is 0 Å².